The quantitative estimate of drug-likeness (QED) is 0.669. The Bertz CT molecular complexity index is 914. The summed E-state index contributed by atoms with van der Waals surface area (Å²) >= 11 is 1.02. The third-order valence-electron chi connectivity index (χ3n) is 5.21. The first kappa shape index (κ1) is 18.8. The topological polar surface area (TPSA) is 40.6 Å². The van der Waals surface area contributed by atoms with Crippen molar-refractivity contribution in [2.24, 2.45) is 0 Å². The molecule has 0 radical (unpaired) electrons. The van der Waals surface area contributed by atoms with Crippen LogP contribution in [0.1, 0.15) is 36.0 Å². The highest BCUT2D eigenvalue weighted by Gasteiger charge is 2.34. The van der Waals surface area contributed by atoms with Crippen molar-refractivity contribution < 1.29 is 9.59 Å². The van der Waals surface area contributed by atoms with Crippen molar-refractivity contribution in [2.45, 2.75) is 32.7 Å². The number of thioether (sulfide) groups is 1. The highest BCUT2D eigenvalue weighted by Crippen LogP contribution is 2.33. The van der Waals surface area contributed by atoms with Crippen LogP contribution in [0.15, 0.2) is 53.4 Å². The Balaban J connectivity index is 1.47. The van der Waals surface area contributed by atoms with Gasteiger partial charge in [-0.1, -0.05) is 42.0 Å². The zero-order valence-electron chi connectivity index (χ0n) is 16.1. The van der Waals surface area contributed by atoms with Gasteiger partial charge in [0, 0.05) is 18.8 Å². The summed E-state index contributed by atoms with van der Waals surface area (Å²) in [5.74, 6) is -0.211. The lowest BCUT2D eigenvalue weighted by Crippen LogP contribution is -2.29. The van der Waals surface area contributed by atoms with Crippen LogP contribution in [-0.4, -0.2) is 29.1 Å². The molecule has 4 rings (SSSR count). The van der Waals surface area contributed by atoms with Crippen molar-refractivity contribution in [1.29, 1.82) is 0 Å². The van der Waals surface area contributed by atoms with Crippen LogP contribution in [0.4, 0.5) is 10.5 Å². The van der Waals surface area contributed by atoms with E-state index in [0.717, 1.165) is 41.5 Å². The highest BCUT2D eigenvalue weighted by molar-refractivity contribution is 8.18. The second-order valence-corrected chi connectivity index (χ2v) is 8.39. The van der Waals surface area contributed by atoms with E-state index >= 15 is 0 Å². The molecule has 0 bridgehead atoms. The van der Waals surface area contributed by atoms with Gasteiger partial charge in [-0.15, -0.1) is 0 Å². The van der Waals surface area contributed by atoms with Crippen molar-refractivity contribution in [3.05, 3.63) is 70.1 Å². The Morgan fingerprint density at radius 3 is 2.46 bits per heavy atom. The van der Waals surface area contributed by atoms with E-state index in [9.17, 15) is 9.59 Å². The number of hydrogen-bond acceptors (Lipinski definition) is 4. The number of benzene rings is 2. The van der Waals surface area contributed by atoms with Crippen LogP contribution in [0, 0.1) is 6.92 Å². The molecular weight excluding hydrogens is 368 g/mol. The molecule has 2 heterocycles. The number of nitrogens with zero attached hydrogens (tertiary/aromatic N) is 2. The van der Waals surface area contributed by atoms with Gasteiger partial charge < -0.3 is 4.90 Å². The lowest BCUT2D eigenvalue weighted by Gasteiger charge is -2.28. The first-order valence-corrected chi connectivity index (χ1v) is 10.6. The molecule has 144 valence electrons. The van der Waals surface area contributed by atoms with E-state index in [1.807, 2.05) is 49.4 Å². The maximum atomic E-state index is 12.7. The summed E-state index contributed by atoms with van der Waals surface area (Å²) in [7, 11) is 0. The Morgan fingerprint density at radius 1 is 1.00 bits per heavy atom. The van der Waals surface area contributed by atoms with Crippen LogP contribution in [0.25, 0.3) is 6.08 Å². The van der Waals surface area contributed by atoms with Crippen molar-refractivity contribution in [3.63, 3.8) is 0 Å². The molecule has 4 nitrogen and oxygen atoms in total. The van der Waals surface area contributed by atoms with E-state index < -0.39 is 0 Å². The SMILES string of the molecule is Cc1cccc(CN2C(=O)S/C(=C\c3ccc(N4CCCCC4)cc3)C2=O)c1. The van der Waals surface area contributed by atoms with Crippen LogP contribution in [0.3, 0.4) is 0 Å². The average Bonchev–Trinajstić information content (AvgIpc) is 2.97. The molecule has 2 aliphatic rings. The molecule has 2 aromatic rings. The molecule has 2 aliphatic heterocycles. The Labute approximate surface area is 170 Å². The van der Waals surface area contributed by atoms with Gasteiger partial charge >= 0.3 is 0 Å². The van der Waals surface area contributed by atoms with Gasteiger partial charge in [-0.3, -0.25) is 14.5 Å². The molecule has 2 fully saturated rings. The number of rotatable bonds is 4. The van der Waals surface area contributed by atoms with Gasteiger partial charge in [0.25, 0.3) is 11.1 Å². The van der Waals surface area contributed by atoms with Crippen LogP contribution in [-0.2, 0) is 11.3 Å². The minimum absolute atomic E-state index is 0.206. The second kappa shape index (κ2) is 8.23. The third-order valence-corrected chi connectivity index (χ3v) is 6.12. The van der Waals surface area contributed by atoms with E-state index in [4.69, 9.17) is 0 Å². The fourth-order valence-corrected chi connectivity index (χ4v) is 4.55. The lowest BCUT2D eigenvalue weighted by atomic mass is 10.1. The van der Waals surface area contributed by atoms with Crippen LogP contribution >= 0.6 is 11.8 Å². The molecule has 0 saturated carbocycles. The Morgan fingerprint density at radius 2 is 1.75 bits per heavy atom. The lowest BCUT2D eigenvalue weighted by molar-refractivity contribution is -0.123. The predicted molar refractivity (Wildman–Crippen MR) is 115 cm³/mol. The molecule has 5 heteroatoms. The number of aryl methyl sites for hydroxylation is 1. The summed E-state index contributed by atoms with van der Waals surface area (Å²) in [5.41, 5.74) is 4.26. The standard InChI is InChI=1S/C23H24N2O2S/c1-17-6-5-7-19(14-17)16-25-22(26)21(28-23(25)27)15-18-8-10-20(11-9-18)24-12-3-2-4-13-24/h5-11,14-15H,2-4,12-13,16H2,1H3/b21-15-. The summed E-state index contributed by atoms with van der Waals surface area (Å²) in [6.45, 7) is 4.54. The van der Waals surface area contributed by atoms with Gasteiger partial charge in [-0.25, -0.2) is 0 Å². The average molecular weight is 393 g/mol. The number of piperidine rings is 1. The number of imide groups is 1. The zero-order chi connectivity index (χ0) is 19.5. The Hall–Kier alpha value is -2.53. The summed E-state index contributed by atoms with van der Waals surface area (Å²) in [6.07, 6.45) is 5.62. The molecule has 2 saturated heterocycles. The highest BCUT2D eigenvalue weighted by atomic mass is 32.2. The molecule has 28 heavy (non-hydrogen) atoms. The molecule has 0 aromatic heterocycles. The minimum Gasteiger partial charge on any atom is -0.372 e. The van der Waals surface area contributed by atoms with E-state index in [0.29, 0.717) is 11.4 Å². The molecule has 2 aromatic carbocycles. The molecule has 2 amide bonds. The molecule has 0 aliphatic carbocycles. The van der Waals surface area contributed by atoms with Gasteiger partial charge in [-0.05, 0) is 67.3 Å². The van der Waals surface area contributed by atoms with Gasteiger partial charge in [0.05, 0.1) is 11.4 Å². The zero-order valence-corrected chi connectivity index (χ0v) is 16.9. The number of amides is 2. The number of anilines is 1. The second-order valence-electron chi connectivity index (χ2n) is 7.40. The fourth-order valence-electron chi connectivity index (χ4n) is 3.71. The van der Waals surface area contributed by atoms with Gasteiger partial charge in [-0.2, -0.15) is 0 Å². The minimum atomic E-state index is -0.211. The predicted octanol–water partition coefficient (Wildman–Crippen LogP) is 5.22. The van der Waals surface area contributed by atoms with Crippen molar-refractivity contribution >= 4 is 34.7 Å². The summed E-state index contributed by atoms with van der Waals surface area (Å²) in [4.78, 5) is 29.3. The fraction of sp³-hybridized carbons (Fsp3) is 0.304. The maximum Gasteiger partial charge on any atom is 0.293 e. The van der Waals surface area contributed by atoms with Crippen molar-refractivity contribution in [2.75, 3.05) is 18.0 Å². The molecule has 0 atom stereocenters. The van der Waals surface area contributed by atoms with Crippen LogP contribution < -0.4 is 4.90 Å². The summed E-state index contributed by atoms with van der Waals surface area (Å²) in [6, 6.07) is 16.2. The van der Waals surface area contributed by atoms with Crippen LogP contribution in [0.5, 0.6) is 0 Å². The largest absolute Gasteiger partial charge is 0.372 e. The molecule has 0 N–H and O–H groups in total. The maximum absolute atomic E-state index is 12.7. The monoisotopic (exact) mass is 392 g/mol. The van der Waals surface area contributed by atoms with E-state index in [-0.39, 0.29) is 11.1 Å². The first-order chi connectivity index (χ1) is 13.6. The Kier molecular flexibility index (Phi) is 5.53. The summed E-state index contributed by atoms with van der Waals surface area (Å²) < 4.78 is 0. The smallest absolute Gasteiger partial charge is 0.293 e. The van der Waals surface area contributed by atoms with Gasteiger partial charge in [0.15, 0.2) is 0 Å². The van der Waals surface area contributed by atoms with Gasteiger partial charge in [0.2, 0.25) is 0 Å². The van der Waals surface area contributed by atoms with Gasteiger partial charge in [0.1, 0.15) is 0 Å². The molecule has 0 unspecified atom stereocenters. The number of carbonyl (C=O) groups is 2. The first-order valence-electron chi connectivity index (χ1n) is 9.76. The van der Waals surface area contributed by atoms with E-state index in [2.05, 4.69) is 17.0 Å². The van der Waals surface area contributed by atoms with Crippen LogP contribution in [0.2, 0.25) is 0 Å². The molecular formula is C23H24N2O2S. The molecule has 0 spiro atoms. The number of hydrogen-bond donors (Lipinski definition) is 0. The summed E-state index contributed by atoms with van der Waals surface area (Å²) in [5, 5.41) is -0.206. The van der Waals surface area contributed by atoms with E-state index in [1.165, 1.54) is 29.8 Å². The van der Waals surface area contributed by atoms with Crippen molar-refractivity contribution in [3.8, 4) is 0 Å². The number of carbonyl (C=O) groups excluding carboxylic acids is 2. The normalized spacial score (nSPS) is 19.0. The van der Waals surface area contributed by atoms with Crippen molar-refractivity contribution in [1.82, 2.24) is 4.90 Å². The van der Waals surface area contributed by atoms with E-state index in [1.54, 1.807) is 0 Å². The third kappa shape index (κ3) is 4.14.